The molecule has 0 aromatic heterocycles. The highest BCUT2D eigenvalue weighted by Crippen LogP contribution is 2.76. The van der Waals surface area contributed by atoms with Gasteiger partial charge in [0.05, 0.1) is 11.6 Å². The van der Waals surface area contributed by atoms with E-state index in [0.717, 1.165) is 36.4 Å². The van der Waals surface area contributed by atoms with E-state index in [9.17, 15) is 4.79 Å². The van der Waals surface area contributed by atoms with Crippen molar-refractivity contribution in [1.82, 2.24) is 0 Å². The summed E-state index contributed by atoms with van der Waals surface area (Å²) < 4.78 is 0. The molecule has 1 spiro atoms. The van der Waals surface area contributed by atoms with E-state index in [4.69, 9.17) is 5.73 Å². The van der Waals surface area contributed by atoms with Gasteiger partial charge in [-0.3, -0.25) is 0 Å². The quantitative estimate of drug-likeness (QED) is 0.320. The molecule has 1 aromatic rings. The summed E-state index contributed by atoms with van der Waals surface area (Å²) in [5.41, 5.74) is 11.3. The van der Waals surface area contributed by atoms with E-state index in [0.29, 0.717) is 47.3 Å². The van der Waals surface area contributed by atoms with Gasteiger partial charge in [0.2, 0.25) is 0 Å². The van der Waals surface area contributed by atoms with Crippen LogP contribution in [0.3, 0.4) is 0 Å². The molecule has 15 atom stereocenters. The molecule has 2 aliphatic heterocycles. The zero-order chi connectivity index (χ0) is 27.0. The van der Waals surface area contributed by atoms with Gasteiger partial charge in [-0.05, 0) is 128 Å². The van der Waals surface area contributed by atoms with Gasteiger partial charge in [-0.2, -0.15) is 0 Å². The lowest BCUT2D eigenvalue weighted by Crippen LogP contribution is -2.46. The number of anilines is 1. The fraction of sp³-hybridized carbons (Fsp3) is 0.649. The van der Waals surface area contributed by atoms with Crippen LogP contribution in [0.15, 0.2) is 60.7 Å². The van der Waals surface area contributed by atoms with Gasteiger partial charge in [0, 0.05) is 17.0 Å². The Hall–Kier alpha value is -2.13. The topological polar surface area (TPSA) is 55.1 Å². The number of nitrogens with one attached hydrogen (secondary N) is 1. The first-order valence-corrected chi connectivity index (χ1v) is 16.6. The van der Waals surface area contributed by atoms with Crippen molar-refractivity contribution in [2.45, 2.75) is 75.8 Å². The lowest BCUT2D eigenvalue weighted by molar-refractivity contribution is -0.111. The molecule has 40 heavy (non-hydrogen) atoms. The van der Waals surface area contributed by atoms with Gasteiger partial charge < -0.3 is 15.8 Å². The summed E-state index contributed by atoms with van der Waals surface area (Å²) in [6.07, 6.45) is 21.7. The number of hydrogen-bond donors (Lipinski definition) is 2. The summed E-state index contributed by atoms with van der Waals surface area (Å²) in [5, 5.41) is 4.18. The third-order valence-corrected chi connectivity index (χ3v) is 14.5. The number of hydrogen-bond acceptors (Lipinski definition) is 3. The Morgan fingerprint density at radius 2 is 1.90 bits per heavy atom. The van der Waals surface area contributed by atoms with Crippen LogP contribution < -0.4 is 11.1 Å². The Balaban J connectivity index is 1.03. The molecule has 3 heteroatoms. The second-order valence-electron chi connectivity index (χ2n) is 15.7. The van der Waals surface area contributed by atoms with Gasteiger partial charge in [0.15, 0.2) is 0 Å². The predicted octanol–water partition coefficient (Wildman–Crippen LogP) is 7.13. The fourth-order valence-electron chi connectivity index (χ4n) is 13.1. The van der Waals surface area contributed by atoms with Crippen LogP contribution in [0.2, 0.25) is 0 Å². The first kappa shape index (κ1) is 24.5. The van der Waals surface area contributed by atoms with Gasteiger partial charge in [0.1, 0.15) is 6.29 Å². The first-order valence-electron chi connectivity index (χ1n) is 16.6. The highest BCUT2D eigenvalue weighted by atomic mass is 16.1. The predicted molar refractivity (Wildman–Crippen MR) is 160 cm³/mol. The number of fused-ring (bicyclic) bond motifs is 6. The van der Waals surface area contributed by atoms with Crippen LogP contribution >= 0.6 is 0 Å². The molecule has 2 bridgehead atoms. The van der Waals surface area contributed by atoms with Gasteiger partial charge in [0.25, 0.3) is 0 Å². The molecule has 5 fully saturated rings. The maximum atomic E-state index is 12.5. The van der Waals surface area contributed by atoms with Crippen LogP contribution in [0.4, 0.5) is 5.69 Å². The van der Waals surface area contributed by atoms with Gasteiger partial charge in [-0.25, -0.2) is 0 Å². The van der Waals surface area contributed by atoms with Crippen molar-refractivity contribution in [3.05, 3.63) is 66.3 Å². The highest BCUT2D eigenvalue weighted by Gasteiger charge is 2.74. The number of nitrogens with two attached hydrogens (primary N) is 1. The van der Waals surface area contributed by atoms with Gasteiger partial charge in [-0.1, -0.05) is 61.6 Å². The fourth-order valence-corrected chi connectivity index (χ4v) is 13.1. The van der Waals surface area contributed by atoms with Crippen LogP contribution in [-0.4, -0.2) is 17.9 Å². The van der Waals surface area contributed by atoms with Crippen molar-refractivity contribution in [3.8, 4) is 0 Å². The third-order valence-electron chi connectivity index (χ3n) is 14.5. The maximum absolute atomic E-state index is 12.5. The van der Waals surface area contributed by atoms with Crippen molar-refractivity contribution >= 4 is 12.0 Å². The van der Waals surface area contributed by atoms with E-state index in [2.05, 4.69) is 67.4 Å². The number of para-hydroxylation sites is 1. The molecule has 15 unspecified atom stereocenters. The number of rotatable bonds is 3. The molecule has 0 saturated heterocycles. The minimum absolute atomic E-state index is 0.0209. The lowest BCUT2D eigenvalue weighted by atomic mass is 9.66. The minimum atomic E-state index is -0.335. The van der Waals surface area contributed by atoms with Crippen molar-refractivity contribution in [3.63, 3.8) is 0 Å². The molecule has 3 nitrogen and oxygen atoms in total. The van der Waals surface area contributed by atoms with E-state index in [-0.39, 0.29) is 17.0 Å². The summed E-state index contributed by atoms with van der Waals surface area (Å²) in [6.45, 7) is 6.98. The largest absolute Gasteiger partial charge is 0.375 e. The van der Waals surface area contributed by atoms with Gasteiger partial charge >= 0.3 is 0 Å². The van der Waals surface area contributed by atoms with Crippen LogP contribution in [0, 0.1) is 70.5 Å². The van der Waals surface area contributed by atoms with Crippen molar-refractivity contribution in [1.29, 1.82) is 0 Å². The van der Waals surface area contributed by atoms with Crippen LogP contribution in [-0.2, 0) is 4.79 Å². The first-order chi connectivity index (χ1) is 19.5. The monoisotopic (exact) mass is 534 g/mol. The van der Waals surface area contributed by atoms with E-state index in [1.807, 2.05) is 0 Å². The number of allylic oxidation sites excluding steroid dienone is 4. The number of aldehydes is 1. The van der Waals surface area contributed by atoms with Crippen LogP contribution in [0.5, 0.6) is 0 Å². The SMILES string of the molecule is C=C1CCC2C(C3CC(C)CC13)C2(C(N)C=O)C1C=CC2C(CC3C2CC2CC4C=CC23Nc2ccccc24)C1. The molecule has 2 heterocycles. The summed E-state index contributed by atoms with van der Waals surface area (Å²) in [4.78, 5) is 12.5. The molecule has 210 valence electrons. The summed E-state index contributed by atoms with van der Waals surface area (Å²) in [6, 6.07) is 8.74. The van der Waals surface area contributed by atoms with E-state index >= 15 is 0 Å². The standard InChI is InChI=1S/C37H46N2O/c1-20-13-28-21(2)7-10-31-35(30(28)14-20)37(31,34(38)19-40)24-8-9-26-23(16-24)17-32-29(26)18-25-15-22-11-12-36(25,32)39-33-6-4-3-5-27(22)33/h3-6,8-9,11-12,19-20,22-26,28-32,34-35,39H,2,7,10,13-18,38H2,1H3. The summed E-state index contributed by atoms with van der Waals surface area (Å²) in [5.74, 6) is 7.95. The number of carbonyl (C=O) groups is 1. The number of benzene rings is 1. The molecule has 10 rings (SSSR count). The Labute approximate surface area is 240 Å². The Bertz CT molecular complexity index is 1330. The zero-order valence-electron chi connectivity index (χ0n) is 24.1. The molecule has 3 N–H and O–H groups in total. The third kappa shape index (κ3) is 2.94. The second kappa shape index (κ2) is 8.24. The molecular formula is C37H46N2O. The summed E-state index contributed by atoms with van der Waals surface area (Å²) >= 11 is 0. The Morgan fingerprint density at radius 3 is 2.77 bits per heavy atom. The second-order valence-corrected chi connectivity index (χ2v) is 15.7. The highest BCUT2D eigenvalue weighted by molar-refractivity contribution is 5.62. The van der Waals surface area contributed by atoms with Crippen molar-refractivity contribution in [2.75, 3.05) is 5.32 Å². The molecule has 9 aliphatic rings. The van der Waals surface area contributed by atoms with Crippen LogP contribution in [0.1, 0.15) is 69.8 Å². The minimum Gasteiger partial charge on any atom is -0.375 e. The lowest BCUT2D eigenvalue weighted by Gasteiger charge is -2.41. The average molecular weight is 535 g/mol. The molecule has 0 radical (unpaired) electrons. The Kier molecular flexibility index (Phi) is 5.04. The van der Waals surface area contributed by atoms with Crippen molar-refractivity contribution in [2.24, 2.45) is 76.2 Å². The zero-order valence-corrected chi connectivity index (χ0v) is 24.1. The van der Waals surface area contributed by atoms with E-state index in [1.54, 1.807) is 0 Å². The molecule has 0 amide bonds. The smallest absolute Gasteiger partial charge is 0.137 e. The maximum Gasteiger partial charge on any atom is 0.137 e. The van der Waals surface area contributed by atoms with Crippen LogP contribution in [0.25, 0.3) is 0 Å². The molecule has 1 aromatic carbocycles. The Morgan fingerprint density at radius 1 is 1.02 bits per heavy atom. The average Bonchev–Trinajstić information content (AvgIpc) is 3.27. The van der Waals surface area contributed by atoms with Crippen molar-refractivity contribution < 1.29 is 4.79 Å². The van der Waals surface area contributed by atoms with E-state index < -0.39 is 0 Å². The molecule has 5 saturated carbocycles. The normalized spacial score (nSPS) is 53.2. The van der Waals surface area contributed by atoms with E-state index in [1.165, 1.54) is 61.8 Å². The molecular weight excluding hydrogens is 488 g/mol. The molecule has 7 aliphatic carbocycles. The summed E-state index contributed by atoms with van der Waals surface area (Å²) in [7, 11) is 0. The van der Waals surface area contributed by atoms with Gasteiger partial charge in [-0.15, -0.1) is 0 Å². The number of carbonyl (C=O) groups excluding carboxylic acids is 1.